The van der Waals surface area contributed by atoms with Gasteiger partial charge in [0.25, 0.3) is 0 Å². The highest BCUT2D eigenvalue weighted by atomic mass is 35.5. The van der Waals surface area contributed by atoms with E-state index in [-0.39, 0.29) is 10.7 Å². The van der Waals surface area contributed by atoms with Crippen LogP contribution in [0.2, 0.25) is 5.15 Å². The Morgan fingerprint density at radius 2 is 2.20 bits per heavy atom. The lowest BCUT2D eigenvalue weighted by Gasteiger charge is -2.16. The number of hydrogen-bond acceptors (Lipinski definition) is 4. The minimum atomic E-state index is -1.40. The van der Waals surface area contributed by atoms with Gasteiger partial charge in [-0.2, -0.15) is 0 Å². The van der Waals surface area contributed by atoms with Crippen molar-refractivity contribution in [3.05, 3.63) is 29.0 Å². The first-order valence-corrected chi connectivity index (χ1v) is 4.58. The van der Waals surface area contributed by atoms with E-state index in [1.165, 1.54) is 18.3 Å². The summed E-state index contributed by atoms with van der Waals surface area (Å²) in [6.07, 6.45) is -1.86. The van der Waals surface area contributed by atoms with Crippen molar-refractivity contribution in [3.8, 4) is 0 Å². The number of pyridine rings is 1. The maximum atomic E-state index is 10.3. The number of carboxylic acids is 1. The molecule has 6 heteroatoms. The number of aliphatic hydroxyl groups is 2. The van der Waals surface area contributed by atoms with Gasteiger partial charge in [-0.3, -0.25) is 4.79 Å². The lowest BCUT2D eigenvalue weighted by atomic mass is 10.0. The molecule has 82 valence electrons. The monoisotopic (exact) mass is 231 g/mol. The molecule has 0 bridgehead atoms. The van der Waals surface area contributed by atoms with Crippen LogP contribution in [-0.2, 0) is 4.79 Å². The summed E-state index contributed by atoms with van der Waals surface area (Å²) < 4.78 is 0. The molecule has 2 atom stereocenters. The molecule has 3 N–H and O–H groups in total. The van der Waals surface area contributed by atoms with Crippen LogP contribution < -0.4 is 0 Å². The Kier molecular flexibility index (Phi) is 4.02. The lowest BCUT2D eigenvalue weighted by molar-refractivity contribution is -0.141. The van der Waals surface area contributed by atoms with Gasteiger partial charge in [-0.25, -0.2) is 4.98 Å². The molecule has 1 aromatic rings. The van der Waals surface area contributed by atoms with Gasteiger partial charge >= 0.3 is 5.97 Å². The topological polar surface area (TPSA) is 90.7 Å². The van der Waals surface area contributed by atoms with Crippen LogP contribution in [0.25, 0.3) is 0 Å². The van der Waals surface area contributed by atoms with Crippen LogP contribution in [0.3, 0.4) is 0 Å². The third kappa shape index (κ3) is 3.16. The maximum absolute atomic E-state index is 10.3. The smallest absolute Gasteiger partial charge is 0.306 e. The van der Waals surface area contributed by atoms with Crippen molar-refractivity contribution >= 4 is 17.6 Å². The zero-order valence-corrected chi connectivity index (χ0v) is 8.42. The van der Waals surface area contributed by atoms with Crippen molar-refractivity contribution in [2.24, 2.45) is 0 Å². The molecule has 1 rings (SSSR count). The minimum Gasteiger partial charge on any atom is -0.481 e. The van der Waals surface area contributed by atoms with E-state index in [0.717, 1.165) is 0 Å². The van der Waals surface area contributed by atoms with E-state index in [2.05, 4.69) is 4.98 Å². The molecule has 2 unspecified atom stereocenters. The molecular weight excluding hydrogens is 222 g/mol. The summed E-state index contributed by atoms with van der Waals surface area (Å²) >= 11 is 5.67. The second kappa shape index (κ2) is 5.06. The van der Waals surface area contributed by atoms with Crippen LogP contribution >= 0.6 is 11.6 Å². The van der Waals surface area contributed by atoms with Gasteiger partial charge in [0.2, 0.25) is 0 Å². The Balaban J connectivity index is 2.80. The second-order valence-electron chi connectivity index (χ2n) is 2.99. The molecule has 0 radical (unpaired) electrons. The molecule has 0 aliphatic carbocycles. The summed E-state index contributed by atoms with van der Waals surface area (Å²) in [5, 5.41) is 27.4. The quantitative estimate of drug-likeness (QED) is 0.661. The fraction of sp³-hybridized carbons (Fsp3) is 0.333. The Bertz CT molecular complexity index is 358. The van der Waals surface area contributed by atoms with Crippen molar-refractivity contribution in [2.45, 2.75) is 18.6 Å². The highest BCUT2D eigenvalue weighted by Gasteiger charge is 2.23. The number of carbonyl (C=O) groups is 1. The summed E-state index contributed by atoms with van der Waals surface area (Å²) in [5.41, 5.74) is 0.216. The summed E-state index contributed by atoms with van der Waals surface area (Å²) in [5.74, 6) is -1.19. The molecule has 0 aromatic carbocycles. The number of hydrogen-bond donors (Lipinski definition) is 3. The second-order valence-corrected chi connectivity index (χ2v) is 3.35. The fourth-order valence-corrected chi connectivity index (χ4v) is 1.35. The third-order valence-electron chi connectivity index (χ3n) is 1.85. The Hall–Kier alpha value is -1.17. The van der Waals surface area contributed by atoms with Crippen LogP contribution in [0.15, 0.2) is 18.3 Å². The predicted molar refractivity (Wildman–Crippen MR) is 52.5 cm³/mol. The largest absolute Gasteiger partial charge is 0.481 e. The fourth-order valence-electron chi connectivity index (χ4n) is 1.12. The van der Waals surface area contributed by atoms with Gasteiger partial charge in [0.05, 0.1) is 12.5 Å². The minimum absolute atomic E-state index is 0.0504. The summed E-state index contributed by atoms with van der Waals surface area (Å²) in [7, 11) is 0. The van der Waals surface area contributed by atoms with Gasteiger partial charge in [0.1, 0.15) is 11.3 Å². The number of aliphatic hydroxyl groups excluding tert-OH is 2. The first-order valence-electron chi connectivity index (χ1n) is 4.20. The van der Waals surface area contributed by atoms with Gasteiger partial charge < -0.3 is 15.3 Å². The summed E-state index contributed by atoms with van der Waals surface area (Å²) in [6.45, 7) is 0. The molecule has 0 aliphatic heterocycles. The molecule has 5 nitrogen and oxygen atoms in total. The number of nitrogens with zero attached hydrogens (tertiary/aromatic N) is 1. The van der Waals surface area contributed by atoms with E-state index >= 15 is 0 Å². The van der Waals surface area contributed by atoms with E-state index in [4.69, 9.17) is 16.7 Å². The number of aromatic nitrogens is 1. The standard InChI is InChI=1S/C9H10ClNO4/c10-9-5(2-1-3-11-9)8(15)6(12)4-7(13)14/h1-3,6,8,12,15H,4H2,(H,13,14). The highest BCUT2D eigenvalue weighted by molar-refractivity contribution is 6.30. The Morgan fingerprint density at radius 3 is 2.73 bits per heavy atom. The van der Waals surface area contributed by atoms with Gasteiger partial charge in [-0.05, 0) is 6.07 Å². The van der Waals surface area contributed by atoms with Crippen molar-refractivity contribution in [2.75, 3.05) is 0 Å². The molecule has 15 heavy (non-hydrogen) atoms. The molecule has 0 aliphatic rings. The average Bonchev–Trinajstić information content (AvgIpc) is 2.16. The zero-order valence-electron chi connectivity index (χ0n) is 7.67. The van der Waals surface area contributed by atoms with Crippen LogP contribution in [0.4, 0.5) is 0 Å². The normalized spacial score (nSPS) is 14.6. The molecule has 1 heterocycles. The SMILES string of the molecule is O=C(O)CC(O)C(O)c1cccnc1Cl. The van der Waals surface area contributed by atoms with E-state index < -0.39 is 24.6 Å². The molecule has 1 aromatic heterocycles. The first kappa shape index (κ1) is 11.9. The molecular formula is C9H10ClNO4. The molecule has 0 saturated heterocycles. The van der Waals surface area contributed by atoms with Gasteiger partial charge in [-0.1, -0.05) is 17.7 Å². The van der Waals surface area contributed by atoms with Gasteiger partial charge in [0.15, 0.2) is 0 Å². The lowest BCUT2D eigenvalue weighted by Crippen LogP contribution is -2.22. The van der Waals surface area contributed by atoms with Crippen molar-refractivity contribution < 1.29 is 20.1 Å². The predicted octanol–water partition coefficient (Wildman–Crippen LogP) is 0.604. The van der Waals surface area contributed by atoms with Crippen LogP contribution in [-0.4, -0.2) is 32.4 Å². The van der Waals surface area contributed by atoms with Gasteiger partial charge in [0, 0.05) is 11.8 Å². The number of aliphatic carboxylic acids is 1. The van der Waals surface area contributed by atoms with Crippen LogP contribution in [0.1, 0.15) is 18.1 Å². The third-order valence-corrected chi connectivity index (χ3v) is 2.17. The highest BCUT2D eigenvalue weighted by Crippen LogP contribution is 2.24. The number of rotatable bonds is 4. The zero-order chi connectivity index (χ0) is 11.4. The van der Waals surface area contributed by atoms with Crippen molar-refractivity contribution in [3.63, 3.8) is 0 Å². The summed E-state index contributed by atoms with van der Waals surface area (Å²) in [4.78, 5) is 14.0. The van der Waals surface area contributed by atoms with Crippen LogP contribution in [0, 0.1) is 0 Å². The maximum Gasteiger partial charge on any atom is 0.306 e. The molecule has 0 amide bonds. The molecule has 0 fully saturated rings. The Morgan fingerprint density at radius 1 is 1.53 bits per heavy atom. The molecule has 0 saturated carbocycles. The summed E-state index contributed by atoms with van der Waals surface area (Å²) in [6, 6.07) is 3.02. The number of halogens is 1. The molecule has 0 spiro atoms. The Labute approximate surface area is 91.0 Å². The van der Waals surface area contributed by atoms with E-state index in [0.29, 0.717) is 0 Å². The van der Waals surface area contributed by atoms with E-state index in [9.17, 15) is 15.0 Å². The van der Waals surface area contributed by atoms with Crippen molar-refractivity contribution in [1.29, 1.82) is 0 Å². The number of carboxylic acid groups (broad SMARTS) is 1. The van der Waals surface area contributed by atoms with E-state index in [1.54, 1.807) is 0 Å². The van der Waals surface area contributed by atoms with Crippen LogP contribution in [0.5, 0.6) is 0 Å². The first-order chi connectivity index (χ1) is 7.02. The van der Waals surface area contributed by atoms with E-state index in [1.807, 2.05) is 0 Å². The van der Waals surface area contributed by atoms with Gasteiger partial charge in [-0.15, -0.1) is 0 Å². The van der Waals surface area contributed by atoms with Crippen molar-refractivity contribution in [1.82, 2.24) is 4.98 Å². The average molecular weight is 232 g/mol.